The van der Waals surface area contributed by atoms with Crippen LogP contribution < -0.4 is 10.0 Å². The molecule has 13 heteroatoms. The van der Waals surface area contributed by atoms with Crippen LogP contribution in [0, 0.1) is 11.6 Å². The van der Waals surface area contributed by atoms with Gasteiger partial charge in [-0.15, -0.1) is 0 Å². The van der Waals surface area contributed by atoms with Gasteiger partial charge < -0.3 is 9.88 Å². The normalized spacial score (nSPS) is 13.4. The Balaban J connectivity index is 2.27. The molecule has 0 aliphatic rings. The van der Waals surface area contributed by atoms with Gasteiger partial charge in [0.2, 0.25) is 10.0 Å². The van der Waals surface area contributed by atoms with Crippen molar-refractivity contribution in [2.45, 2.75) is 24.0 Å². The molecule has 0 aliphatic heterocycles. The second-order valence-electron chi connectivity index (χ2n) is 5.76. The predicted molar refractivity (Wildman–Crippen MR) is 93.3 cm³/mol. The van der Waals surface area contributed by atoms with Gasteiger partial charge in [0, 0.05) is 25.0 Å². The van der Waals surface area contributed by atoms with Crippen molar-refractivity contribution >= 4 is 37.5 Å². The van der Waals surface area contributed by atoms with E-state index in [0.29, 0.717) is 13.0 Å². The van der Waals surface area contributed by atoms with Crippen molar-refractivity contribution < 1.29 is 35.2 Å². The number of alkyl halides is 3. The lowest BCUT2D eigenvalue weighted by molar-refractivity contribution is -0.147. The molecule has 6 nitrogen and oxygen atoms in total. The number of nitrogens with zero attached hydrogens (tertiary/aromatic N) is 1. The van der Waals surface area contributed by atoms with Gasteiger partial charge in [-0.1, -0.05) is 0 Å². The van der Waals surface area contributed by atoms with Crippen LogP contribution in [0.1, 0.15) is 17.4 Å². The fourth-order valence-electron chi connectivity index (χ4n) is 2.10. The second-order valence-corrected chi connectivity index (χ2v) is 8.33. The summed E-state index contributed by atoms with van der Waals surface area (Å²) in [6.07, 6.45) is -3.84. The fourth-order valence-corrected chi connectivity index (χ4v) is 3.83. The first-order valence-electron chi connectivity index (χ1n) is 7.43. The number of anilines is 1. The highest BCUT2D eigenvalue weighted by Gasteiger charge is 2.39. The lowest BCUT2D eigenvalue weighted by Gasteiger charge is -2.16. The van der Waals surface area contributed by atoms with E-state index >= 15 is 0 Å². The summed E-state index contributed by atoms with van der Waals surface area (Å²) in [6, 6.07) is 0.319. The first kappa shape index (κ1) is 22.3. The van der Waals surface area contributed by atoms with Crippen molar-refractivity contribution in [2.24, 2.45) is 7.05 Å². The molecule has 1 heterocycles. The Labute approximate surface area is 164 Å². The maximum Gasteiger partial charge on any atom is 0.404 e. The van der Waals surface area contributed by atoms with Crippen LogP contribution >= 0.6 is 15.9 Å². The number of benzene rings is 1. The maximum absolute atomic E-state index is 13.4. The summed E-state index contributed by atoms with van der Waals surface area (Å²) in [7, 11) is -3.26. The average molecular weight is 490 g/mol. The molecule has 154 valence electrons. The minimum Gasteiger partial charge on any atom is -0.345 e. The zero-order chi connectivity index (χ0) is 21.4. The summed E-state index contributed by atoms with van der Waals surface area (Å²) in [5.41, 5.74) is -0.355. The largest absolute Gasteiger partial charge is 0.404 e. The van der Waals surface area contributed by atoms with Gasteiger partial charge in [-0.05, 0) is 35.0 Å². The number of aryl methyl sites for hydroxylation is 1. The van der Waals surface area contributed by atoms with Gasteiger partial charge in [-0.2, -0.15) is 17.9 Å². The Morgan fingerprint density at radius 2 is 1.82 bits per heavy atom. The number of aromatic nitrogens is 1. The minimum atomic E-state index is -4.79. The molecule has 2 aromatic rings. The van der Waals surface area contributed by atoms with E-state index in [1.54, 1.807) is 0 Å². The molecule has 0 radical (unpaired) electrons. The monoisotopic (exact) mass is 489 g/mol. The molecule has 1 amide bonds. The van der Waals surface area contributed by atoms with Gasteiger partial charge in [0.05, 0.1) is 4.47 Å². The van der Waals surface area contributed by atoms with Gasteiger partial charge in [-0.25, -0.2) is 17.2 Å². The fraction of sp³-hybridized carbons (Fsp3) is 0.267. The SMILES string of the molecule is C[C@@H](NS(=O)(=O)c1cc(C(=O)Nc2cc(F)c(F)c(Br)c2)n(C)c1)C(F)(F)F. The zero-order valence-electron chi connectivity index (χ0n) is 14.2. The first-order valence-corrected chi connectivity index (χ1v) is 9.71. The van der Waals surface area contributed by atoms with Crippen LogP contribution in [0.15, 0.2) is 33.8 Å². The Kier molecular flexibility index (Phi) is 6.21. The van der Waals surface area contributed by atoms with Crippen molar-refractivity contribution in [3.8, 4) is 0 Å². The number of rotatable bonds is 5. The molecule has 0 saturated carbocycles. The highest BCUT2D eigenvalue weighted by atomic mass is 79.9. The second kappa shape index (κ2) is 7.79. The summed E-state index contributed by atoms with van der Waals surface area (Å²) >= 11 is 2.78. The molecule has 28 heavy (non-hydrogen) atoms. The number of carbonyl (C=O) groups is 1. The van der Waals surface area contributed by atoms with Crippen molar-refractivity contribution in [3.63, 3.8) is 0 Å². The van der Waals surface area contributed by atoms with Crippen LogP contribution in [0.3, 0.4) is 0 Å². The van der Waals surface area contributed by atoms with Crippen molar-refractivity contribution in [1.29, 1.82) is 0 Å². The molecule has 0 spiro atoms. The smallest absolute Gasteiger partial charge is 0.345 e. The van der Waals surface area contributed by atoms with Gasteiger partial charge in [0.15, 0.2) is 11.6 Å². The summed E-state index contributed by atoms with van der Waals surface area (Å²) in [5, 5.41) is 2.25. The number of amides is 1. The Hall–Kier alpha value is -1.99. The molecular formula is C15H13BrF5N3O3S. The number of carbonyl (C=O) groups excluding carboxylic acids is 1. The summed E-state index contributed by atoms with van der Waals surface area (Å²) in [4.78, 5) is 11.7. The van der Waals surface area contributed by atoms with Gasteiger partial charge in [0.25, 0.3) is 5.91 Å². The lowest BCUT2D eigenvalue weighted by Crippen LogP contribution is -2.42. The third kappa shape index (κ3) is 4.89. The minimum absolute atomic E-state index is 0.120. The summed E-state index contributed by atoms with van der Waals surface area (Å²) < 4.78 is 90.9. The molecule has 0 fully saturated rings. The molecular weight excluding hydrogens is 477 g/mol. The van der Waals surface area contributed by atoms with E-state index in [4.69, 9.17) is 0 Å². The zero-order valence-corrected chi connectivity index (χ0v) is 16.6. The van der Waals surface area contributed by atoms with E-state index in [0.717, 1.165) is 22.9 Å². The summed E-state index contributed by atoms with van der Waals surface area (Å²) in [6.45, 7) is 0.634. The predicted octanol–water partition coefficient (Wildman–Crippen LogP) is 3.55. The number of hydrogen-bond donors (Lipinski definition) is 2. The third-order valence-corrected chi connectivity index (χ3v) is 5.67. The molecule has 1 aromatic heterocycles. The van der Waals surface area contributed by atoms with Crippen LogP contribution in [0.2, 0.25) is 0 Å². The van der Waals surface area contributed by atoms with E-state index in [1.807, 2.05) is 0 Å². The summed E-state index contributed by atoms with van der Waals surface area (Å²) in [5.74, 6) is -3.27. The Morgan fingerprint density at radius 3 is 2.36 bits per heavy atom. The molecule has 0 bridgehead atoms. The Morgan fingerprint density at radius 1 is 1.21 bits per heavy atom. The van der Waals surface area contributed by atoms with Crippen molar-refractivity contribution in [3.05, 3.63) is 46.2 Å². The molecule has 2 rings (SSSR count). The number of hydrogen-bond acceptors (Lipinski definition) is 3. The molecule has 1 aromatic carbocycles. The van der Waals surface area contributed by atoms with E-state index in [-0.39, 0.29) is 15.9 Å². The standard InChI is InChI=1S/C15H13BrF5N3O3S/c1-7(15(19,20)21)23-28(26,27)9-5-12(24(2)6-9)14(25)22-8-3-10(16)13(18)11(17)4-8/h3-7,23H,1-2H3,(H,22,25)/t7-/m1/s1. The molecule has 0 saturated heterocycles. The topological polar surface area (TPSA) is 80.2 Å². The number of sulfonamides is 1. The quantitative estimate of drug-likeness (QED) is 0.497. The van der Waals surface area contributed by atoms with Crippen LogP contribution in [-0.4, -0.2) is 31.1 Å². The van der Waals surface area contributed by atoms with Gasteiger partial charge in [-0.3, -0.25) is 4.79 Å². The van der Waals surface area contributed by atoms with E-state index in [2.05, 4.69) is 21.2 Å². The lowest BCUT2D eigenvalue weighted by atomic mass is 10.3. The van der Waals surface area contributed by atoms with Crippen LogP contribution in [-0.2, 0) is 17.1 Å². The molecule has 2 N–H and O–H groups in total. The van der Waals surface area contributed by atoms with E-state index in [9.17, 15) is 35.2 Å². The van der Waals surface area contributed by atoms with Crippen LogP contribution in [0.25, 0.3) is 0 Å². The molecule has 0 aliphatic carbocycles. The number of nitrogens with one attached hydrogen (secondary N) is 2. The highest BCUT2D eigenvalue weighted by molar-refractivity contribution is 9.10. The molecule has 1 atom stereocenters. The van der Waals surface area contributed by atoms with Crippen LogP contribution in [0.5, 0.6) is 0 Å². The molecule has 0 unspecified atom stereocenters. The van der Waals surface area contributed by atoms with Gasteiger partial charge >= 0.3 is 6.18 Å². The van der Waals surface area contributed by atoms with Crippen molar-refractivity contribution in [2.75, 3.05) is 5.32 Å². The average Bonchev–Trinajstić information content (AvgIpc) is 2.94. The van der Waals surface area contributed by atoms with Crippen LogP contribution in [0.4, 0.5) is 27.6 Å². The van der Waals surface area contributed by atoms with E-state index < -0.39 is 44.7 Å². The number of halogens is 6. The van der Waals surface area contributed by atoms with Gasteiger partial charge in [0.1, 0.15) is 16.6 Å². The highest BCUT2D eigenvalue weighted by Crippen LogP contribution is 2.25. The third-order valence-electron chi connectivity index (χ3n) is 3.59. The van der Waals surface area contributed by atoms with E-state index in [1.165, 1.54) is 11.8 Å². The van der Waals surface area contributed by atoms with Crippen molar-refractivity contribution in [1.82, 2.24) is 9.29 Å². The maximum atomic E-state index is 13.4. The Bertz CT molecular complexity index is 997. The first-order chi connectivity index (χ1) is 12.7.